The molecular formula is C19H23N5O2. The van der Waals surface area contributed by atoms with E-state index in [-0.39, 0.29) is 11.6 Å². The largest absolute Gasteiger partial charge is 0.424 e. The smallest absolute Gasteiger partial charge is 0.306 e. The third kappa shape index (κ3) is 3.21. The molecule has 0 amide bonds. The van der Waals surface area contributed by atoms with Gasteiger partial charge < -0.3 is 9.72 Å². The molecule has 0 aliphatic heterocycles. The topological polar surface area (TPSA) is 85.7 Å². The minimum absolute atomic E-state index is 0.134. The summed E-state index contributed by atoms with van der Waals surface area (Å²) in [7, 11) is 0. The maximum Gasteiger partial charge on any atom is 0.306 e. The Kier molecular flexibility index (Phi) is 4.69. The van der Waals surface area contributed by atoms with E-state index < -0.39 is 0 Å². The standard InChI is InChI=1S/C19H23N5O2/c1-2-11-24-18(25)15-17(22-16(21-15)13-7-4-3-5-8-13)23-19(24)26-14-9-6-10-20-12-14/h6,9-10,12-13H,2-5,7-8,11H2,1H3,(H,21,22). The van der Waals surface area contributed by atoms with E-state index in [2.05, 4.69) is 19.9 Å². The number of pyridine rings is 1. The molecule has 0 saturated heterocycles. The van der Waals surface area contributed by atoms with Gasteiger partial charge in [-0.3, -0.25) is 14.3 Å². The number of fused-ring (bicyclic) bond motifs is 1. The van der Waals surface area contributed by atoms with Crippen LogP contribution >= 0.6 is 0 Å². The first-order valence-corrected chi connectivity index (χ1v) is 9.34. The molecule has 0 aromatic carbocycles. The zero-order valence-electron chi connectivity index (χ0n) is 14.9. The maximum absolute atomic E-state index is 13.0. The SMILES string of the molecule is CCCn1c(Oc2cccnc2)nc2nc(C3CCCCC3)[nH]c2c1=O. The molecule has 7 nitrogen and oxygen atoms in total. The Bertz CT molecular complexity index is 942. The van der Waals surface area contributed by atoms with Gasteiger partial charge in [-0.1, -0.05) is 26.2 Å². The third-order valence-corrected chi connectivity index (χ3v) is 4.88. The van der Waals surface area contributed by atoms with Gasteiger partial charge in [0.1, 0.15) is 11.6 Å². The predicted octanol–water partition coefficient (Wildman–Crippen LogP) is 3.76. The van der Waals surface area contributed by atoms with Crippen molar-refractivity contribution >= 4 is 11.2 Å². The molecule has 0 bridgehead atoms. The molecule has 4 rings (SSSR count). The van der Waals surface area contributed by atoms with E-state index in [4.69, 9.17) is 4.74 Å². The van der Waals surface area contributed by atoms with Gasteiger partial charge in [-0.05, 0) is 31.4 Å². The van der Waals surface area contributed by atoms with Crippen LogP contribution in [0.25, 0.3) is 11.2 Å². The van der Waals surface area contributed by atoms with E-state index in [1.54, 1.807) is 29.1 Å². The fourth-order valence-electron chi connectivity index (χ4n) is 3.57. The van der Waals surface area contributed by atoms with Crippen molar-refractivity contribution in [2.45, 2.75) is 57.9 Å². The minimum atomic E-state index is -0.134. The van der Waals surface area contributed by atoms with E-state index >= 15 is 0 Å². The number of nitrogens with zero attached hydrogens (tertiary/aromatic N) is 4. The lowest BCUT2D eigenvalue weighted by Crippen LogP contribution is -2.23. The summed E-state index contributed by atoms with van der Waals surface area (Å²) in [6.07, 6.45) is 10.0. The van der Waals surface area contributed by atoms with Gasteiger partial charge in [-0.25, -0.2) is 4.98 Å². The summed E-state index contributed by atoms with van der Waals surface area (Å²) in [5.41, 5.74) is 0.768. The molecule has 1 N–H and O–H groups in total. The van der Waals surface area contributed by atoms with Crippen molar-refractivity contribution in [3.8, 4) is 11.8 Å². The zero-order chi connectivity index (χ0) is 17.9. The highest BCUT2D eigenvalue weighted by Crippen LogP contribution is 2.31. The van der Waals surface area contributed by atoms with Crippen molar-refractivity contribution in [1.29, 1.82) is 0 Å². The van der Waals surface area contributed by atoms with Crippen LogP contribution in [0.1, 0.15) is 57.2 Å². The van der Waals surface area contributed by atoms with Gasteiger partial charge in [-0.15, -0.1) is 0 Å². The Morgan fingerprint density at radius 2 is 2.12 bits per heavy atom. The summed E-state index contributed by atoms with van der Waals surface area (Å²) < 4.78 is 7.41. The number of hydrogen-bond acceptors (Lipinski definition) is 5. The van der Waals surface area contributed by atoms with Crippen LogP contribution in [0.5, 0.6) is 11.8 Å². The molecule has 3 heterocycles. The van der Waals surface area contributed by atoms with E-state index in [9.17, 15) is 4.79 Å². The van der Waals surface area contributed by atoms with Crippen LogP contribution < -0.4 is 10.3 Å². The summed E-state index contributed by atoms with van der Waals surface area (Å²) >= 11 is 0. The van der Waals surface area contributed by atoms with Crippen LogP contribution in [0.15, 0.2) is 29.3 Å². The number of nitrogens with one attached hydrogen (secondary N) is 1. The molecule has 0 atom stereocenters. The molecule has 0 spiro atoms. The Labute approximate surface area is 151 Å². The van der Waals surface area contributed by atoms with Gasteiger partial charge in [0.05, 0.1) is 6.20 Å². The summed E-state index contributed by atoms with van der Waals surface area (Å²) in [6, 6.07) is 3.84. The normalized spacial score (nSPS) is 15.4. The lowest BCUT2D eigenvalue weighted by Gasteiger charge is -2.18. The van der Waals surface area contributed by atoms with Crippen LogP contribution in [0, 0.1) is 0 Å². The van der Waals surface area contributed by atoms with Crippen LogP contribution in [0.4, 0.5) is 0 Å². The van der Waals surface area contributed by atoms with Crippen molar-refractivity contribution < 1.29 is 4.74 Å². The number of hydrogen-bond donors (Lipinski definition) is 1. The third-order valence-electron chi connectivity index (χ3n) is 4.88. The highest BCUT2D eigenvalue weighted by atomic mass is 16.5. The second-order valence-electron chi connectivity index (χ2n) is 6.80. The summed E-state index contributed by atoms with van der Waals surface area (Å²) in [5.74, 6) is 1.82. The average Bonchev–Trinajstić information content (AvgIpc) is 3.11. The fraction of sp³-hybridized carbons (Fsp3) is 0.474. The molecule has 26 heavy (non-hydrogen) atoms. The first-order valence-electron chi connectivity index (χ1n) is 9.34. The van der Waals surface area contributed by atoms with Gasteiger partial charge in [0, 0.05) is 18.7 Å². The fourth-order valence-corrected chi connectivity index (χ4v) is 3.57. The van der Waals surface area contributed by atoms with Crippen molar-refractivity contribution in [3.05, 3.63) is 40.7 Å². The molecule has 1 saturated carbocycles. The van der Waals surface area contributed by atoms with Gasteiger partial charge in [0.2, 0.25) is 0 Å². The summed E-state index contributed by atoms with van der Waals surface area (Å²) in [6.45, 7) is 2.56. The van der Waals surface area contributed by atoms with Crippen LogP contribution in [0.2, 0.25) is 0 Å². The lowest BCUT2D eigenvalue weighted by molar-refractivity contribution is 0.397. The van der Waals surface area contributed by atoms with E-state index in [0.29, 0.717) is 29.4 Å². The maximum atomic E-state index is 13.0. The van der Waals surface area contributed by atoms with Gasteiger partial charge in [0.25, 0.3) is 5.56 Å². The molecular weight excluding hydrogens is 330 g/mol. The first-order chi connectivity index (χ1) is 12.8. The number of aromatic amines is 1. The highest BCUT2D eigenvalue weighted by Gasteiger charge is 2.22. The number of ether oxygens (including phenoxy) is 1. The molecule has 0 unspecified atom stereocenters. The molecule has 3 aromatic heterocycles. The van der Waals surface area contributed by atoms with E-state index in [1.165, 1.54) is 19.3 Å². The molecule has 136 valence electrons. The Hall–Kier alpha value is -2.70. The van der Waals surface area contributed by atoms with Crippen molar-refractivity contribution in [2.24, 2.45) is 0 Å². The van der Waals surface area contributed by atoms with Crippen molar-refractivity contribution in [1.82, 2.24) is 24.5 Å². The highest BCUT2D eigenvalue weighted by molar-refractivity contribution is 5.70. The quantitative estimate of drug-likeness (QED) is 0.755. The number of rotatable bonds is 5. The van der Waals surface area contributed by atoms with Gasteiger partial charge in [-0.2, -0.15) is 4.98 Å². The molecule has 0 radical (unpaired) electrons. The second-order valence-corrected chi connectivity index (χ2v) is 6.80. The van der Waals surface area contributed by atoms with Crippen molar-refractivity contribution in [2.75, 3.05) is 0 Å². The van der Waals surface area contributed by atoms with Crippen LogP contribution in [-0.2, 0) is 6.54 Å². The first kappa shape index (κ1) is 16.8. The average molecular weight is 353 g/mol. The van der Waals surface area contributed by atoms with Crippen LogP contribution in [-0.4, -0.2) is 24.5 Å². The minimum Gasteiger partial charge on any atom is -0.424 e. The van der Waals surface area contributed by atoms with Crippen LogP contribution in [0.3, 0.4) is 0 Å². The summed E-state index contributed by atoms with van der Waals surface area (Å²) in [4.78, 5) is 29.4. The van der Waals surface area contributed by atoms with E-state index in [1.807, 2.05) is 6.92 Å². The Balaban J connectivity index is 1.77. The summed E-state index contributed by atoms with van der Waals surface area (Å²) in [5, 5.41) is 0. The number of H-pyrrole nitrogens is 1. The molecule has 1 aliphatic rings. The van der Waals surface area contributed by atoms with Crippen molar-refractivity contribution in [3.63, 3.8) is 0 Å². The molecule has 1 aliphatic carbocycles. The molecule has 1 fully saturated rings. The monoisotopic (exact) mass is 353 g/mol. The van der Waals surface area contributed by atoms with E-state index in [0.717, 1.165) is 25.1 Å². The number of imidazole rings is 1. The number of aromatic nitrogens is 5. The molecule has 3 aromatic rings. The predicted molar refractivity (Wildman–Crippen MR) is 98.6 cm³/mol. The molecule has 7 heteroatoms. The van der Waals surface area contributed by atoms with Gasteiger partial charge >= 0.3 is 6.01 Å². The zero-order valence-corrected chi connectivity index (χ0v) is 14.9. The lowest BCUT2D eigenvalue weighted by atomic mass is 9.89. The van der Waals surface area contributed by atoms with Gasteiger partial charge in [0.15, 0.2) is 11.2 Å². The second kappa shape index (κ2) is 7.27. The Morgan fingerprint density at radius 3 is 2.85 bits per heavy atom. The Morgan fingerprint density at radius 1 is 1.27 bits per heavy atom.